The number of amides is 2. The molecule has 0 unspecified atom stereocenters. The zero-order valence-electron chi connectivity index (χ0n) is 19.2. The van der Waals surface area contributed by atoms with Gasteiger partial charge in [-0.15, -0.1) is 0 Å². The average Bonchev–Trinajstić information content (AvgIpc) is 3.44. The van der Waals surface area contributed by atoms with Crippen molar-refractivity contribution in [3.8, 4) is 17.2 Å². The lowest BCUT2D eigenvalue weighted by atomic mass is 10.2. The number of carbonyl (C=O) groups is 2. The van der Waals surface area contributed by atoms with Crippen LogP contribution in [0.15, 0.2) is 42.5 Å². The first kappa shape index (κ1) is 23.5. The molecule has 0 saturated heterocycles. The normalized spacial score (nSPS) is 12.1. The van der Waals surface area contributed by atoms with E-state index in [4.69, 9.17) is 14.2 Å². The molecular weight excluding hydrogens is 456 g/mol. The van der Waals surface area contributed by atoms with E-state index in [1.54, 1.807) is 41.8 Å². The van der Waals surface area contributed by atoms with Gasteiger partial charge in [0.05, 0.1) is 27.0 Å². The Labute approximate surface area is 201 Å². The van der Waals surface area contributed by atoms with Crippen LogP contribution in [0.5, 0.6) is 17.2 Å². The quantitative estimate of drug-likeness (QED) is 0.483. The summed E-state index contributed by atoms with van der Waals surface area (Å²) >= 11 is 1.72. The highest BCUT2D eigenvalue weighted by atomic mass is 32.2. The predicted octanol–water partition coefficient (Wildman–Crippen LogP) is 3.22. The summed E-state index contributed by atoms with van der Waals surface area (Å²) in [5.74, 6) is 3.25. The molecule has 0 fully saturated rings. The highest BCUT2D eigenvalue weighted by Gasteiger charge is 2.25. The van der Waals surface area contributed by atoms with Crippen molar-refractivity contribution >= 4 is 29.4 Å². The Balaban J connectivity index is 1.47. The number of hydrogen-bond acceptors (Lipinski definition) is 7. The predicted molar refractivity (Wildman–Crippen MR) is 130 cm³/mol. The number of fused-ring (bicyclic) bond motifs is 1. The molecule has 2 heterocycles. The lowest BCUT2D eigenvalue weighted by Gasteiger charge is -2.13. The first-order valence-corrected chi connectivity index (χ1v) is 11.8. The number of ether oxygens (including phenoxy) is 3. The molecule has 34 heavy (non-hydrogen) atoms. The summed E-state index contributed by atoms with van der Waals surface area (Å²) in [7, 11) is 4.66. The van der Waals surface area contributed by atoms with Crippen molar-refractivity contribution in [2.45, 2.75) is 24.6 Å². The first-order chi connectivity index (χ1) is 16.5. The minimum atomic E-state index is -0.319. The van der Waals surface area contributed by atoms with Crippen molar-refractivity contribution in [3.63, 3.8) is 0 Å². The van der Waals surface area contributed by atoms with Crippen molar-refractivity contribution < 1.29 is 23.8 Å². The Bertz CT molecular complexity index is 1190. The lowest BCUT2D eigenvalue weighted by molar-refractivity contribution is -0.122. The van der Waals surface area contributed by atoms with E-state index in [0.717, 1.165) is 34.1 Å². The molecule has 2 N–H and O–H groups in total. The minimum Gasteiger partial charge on any atom is -0.497 e. The van der Waals surface area contributed by atoms with Crippen LogP contribution < -0.4 is 24.8 Å². The fraction of sp³-hybridized carbons (Fsp3) is 0.292. The van der Waals surface area contributed by atoms with Gasteiger partial charge in [-0.3, -0.25) is 9.59 Å². The highest BCUT2D eigenvalue weighted by Crippen LogP contribution is 2.35. The number of carbonyl (C=O) groups excluding carboxylic acids is 2. The zero-order chi connectivity index (χ0) is 24.1. The maximum absolute atomic E-state index is 13.0. The van der Waals surface area contributed by atoms with Crippen molar-refractivity contribution in [1.29, 1.82) is 0 Å². The molecule has 9 nitrogen and oxygen atoms in total. The molecular formula is C24H26N4O5S. The fourth-order valence-corrected chi connectivity index (χ4v) is 4.65. The maximum Gasteiger partial charge on any atom is 0.256 e. The fourth-order valence-electron chi connectivity index (χ4n) is 3.61. The molecule has 3 aromatic rings. The van der Waals surface area contributed by atoms with Crippen LogP contribution in [0.2, 0.25) is 0 Å². The van der Waals surface area contributed by atoms with Gasteiger partial charge >= 0.3 is 0 Å². The van der Waals surface area contributed by atoms with Crippen molar-refractivity contribution in [3.05, 3.63) is 64.8 Å². The molecule has 0 radical (unpaired) electrons. The highest BCUT2D eigenvalue weighted by molar-refractivity contribution is 7.98. The average molecular weight is 483 g/mol. The van der Waals surface area contributed by atoms with Crippen molar-refractivity contribution in [2.75, 3.05) is 26.6 Å². The molecule has 0 spiro atoms. The second-order valence-electron chi connectivity index (χ2n) is 7.57. The molecule has 2 aromatic carbocycles. The number of nitrogens with one attached hydrogen (secondary N) is 2. The summed E-state index contributed by atoms with van der Waals surface area (Å²) in [5, 5.41) is 10.4. The van der Waals surface area contributed by atoms with Crippen molar-refractivity contribution in [1.82, 2.24) is 15.1 Å². The molecule has 1 aliphatic rings. The SMILES string of the molecule is COc1ccc(CNC(=O)Cn2nc3c(c2NC(=O)c2ccc(OC)c(OC)c2)CSC3)cc1. The molecule has 4 rings (SSSR count). The molecule has 1 aliphatic heterocycles. The molecule has 0 atom stereocenters. The van der Waals surface area contributed by atoms with Gasteiger partial charge in [-0.25, -0.2) is 4.68 Å². The van der Waals surface area contributed by atoms with Gasteiger partial charge in [0.2, 0.25) is 5.91 Å². The number of rotatable bonds is 9. The van der Waals surface area contributed by atoms with Crippen LogP contribution in [0, 0.1) is 0 Å². The maximum atomic E-state index is 13.0. The lowest BCUT2D eigenvalue weighted by Crippen LogP contribution is -2.28. The summed E-state index contributed by atoms with van der Waals surface area (Å²) in [6.45, 7) is 0.377. The Morgan fingerprint density at radius 1 is 1.00 bits per heavy atom. The van der Waals surface area contributed by atoms with Gasteiger partial charge < -0.3 is 24.8 Å². The van der Waals surface area contributed by atoms with Gasteiger partial charge in [0.25, 0.3) is 5.91 Å². The van der Waals surface area contributed by atoms with Gasteiger partial charge in [-0.05, 0) is 35.9 Å². The topological polar surface area (TPSA) is 104 Å². The number of thioether (sulfide) groups is 1. The van der Waals surface area contributed by atoms with Crippen LogP contribution in [-0.4, -0.2) is 42.9 Å². The summed E-state index contributed by atoms with van der Waals surface area (Å²) in [6, 6.07) is 12.4. The van der Waals surface area contributed by atoms with Gasteiger partial charge in [0.1, 0.15) is 18.1 Å². The van der Waals surface area contributed by atoms with Crippen LogP contribution in [-0.2, 0) is 29.4 Å². The second-order valence-corrected chi connectivity index (χ2v) is 8.56. The van der Waals surface area contributed by atoms with Crippen molar-refractivity contribution in [2.24, 2.45) is 0 Å². The third kappa shape index (κ3) is 5.12. The number of aromatic nitrogens is 2. The molecule has 0 bridgehead atoms. The summed E-state index contributed by atoms with van der Waals surface area (Å²) in [6.07, 6.45) is 0. The van der Waals surface area contributed by atoms with E-state index in [0.29, 0.717) is 29.4 Å². The number of nitrogens with zero attached hydrogens (tertiary/aromatic N) is 2. The zero-order valence-corrected chi connectivity index (χ0v) is 20.0. The van der Waals surface area contributed by atoms with Crippen LogP contribution in [0.1, 0.15) is 27.2 Å². The largest absolute Gasteiger partial charge is 0.497 e. The van der Waals surface area contributed by atoms with E-state index >= 15 is 0 Å². The number of benzene rings is 2. The third-order valence-corrected chi connectivity index (χ3v) is 6.41. The van der Waals surface area contributed by atoms with Gasteiger partial charge in [-0.1, -0.05) is 12.1 Å². The number of methoxy groups -OCH3 is 3. The minimum absolute atomic E-state index is 0.00459. The first-order valence-electron chi connectivity index (χ1n) is 10.6. The van der Waals surface area contributed by atoms with E-state index in [-0.39, 0.29) is 18.4 Å². The molecule has 178 valence electrons. The Morgan fingerprint density at radius 2 is 1.76 bits per heavy atom. The van der Waals surface area contributed by atoms with Crippen LogP contribution in [0.25, 0.3) is 0 Å². The molecule has 0 saturated carbocycles. The summed E-state index contributed by atoms with van der Waals surface area (Å²) < 4.78 is 17.3. The monoisotopic (exact) mass is 482 g/mol. The standard InChI is InChI=1S/C24H26N4O5S/c1-31-17-7-4-15(5-8-17)11-25-22(29)12-28-23(18-13-34-14-19(18)27-28)26-24(30)16-6-9-20(32-2)21(10-16)33-3/h4-10H,11-14H2,1-3H3,(H,25,29)(H,26,30). The molecule has 1 aromatic heterocycles. The molecule has 10 heteroatoms. The van der Waals surface area contributed by atoms with E-state index < -0.39 is 0 Å². The Hall–Kier alpha value is -3.66. The van der Waals surface area contributed by atoms with Gasteiger partial charge in [0, 0.05) is 29.2 Å². The smallest absolute Gasteiger partial charge is 0.256 e. The number of hydrogen-bond donors (Lipinski definition) is 2. The van der Waals surface area contributed by atoms with Gasteiger partial charge in [-0.2, -0.15) is 16.9 Å². The van der Waals surface area contributed by atoms with E-state index in [2.05, 4.69) is 15.7 Å². The van der Waals surface area contributed by atoms with Crippen LogP contribution in [0.3, 0.4) is 0 Å². The summed E-state index contributed by atoms with van der Waals surface area (Å²) in [4.78, 5) is 25.7. The Morgan fingerprint density at radius 3 is 2.47 bits per heavy atom. The van der Waals surface area contributed by atoms with E-state index in [9.17, 15) is 9.59 Å². The van der Waals surface area contributed by atoms with Crippen LogP contribution >= 0.6 is 11.8 Å². The second kappa shape index (κ2) is 10.5. The Kier molecular flexibility index (Phi) is 7.27. The van der Waals surface area contributed by atoms with E-state index in [1.807, 2.05) is 24.3 Å². The summed E-state index contributed by atoms with van der Waals surface area (Å²) in [5.41, 5.74) is 3.20. The van der Waals surface area contributed by atoms with E-state index in [1.165, 1.54) is 14.2 Å². The van der Waals surface area contributed by atoms with Gasteiger partial charge in [0.15, 0.2) is 11.5 Å². The molecule has 2 amide bonds. The molecule has 0 aliphatic carbocycles. The van der Waals surface area contributed by atoms with Crippen LogP contribution in [0.4, 0.5) is 5.82 Å². The third-order valence-electron chi connectivity index (χ3n) is 5.44. The number of anilines is 1.